The molecule has 1 aliphatic rings. The molecule has 0 aromatic rings. The molecule has 8 heteroatoms. The first-order valence-corrected chi connectivity index (χ1v) is 7.12. The number of nitrogens with one attached hydrogen (secondary N) is 1. The van der Waals surface area contributed by atoms with E-state index in [0.29, 0.717) is 6.54 Å². The summed E-state index contributed by atoms with van der Waals surface area (Å²) in [6.07, 6.45) is -2.64. The zero-order valence-electron chi connectivity index (χ0n) is 12.1. The number of nitrogens with zero attached hydrogens (tertiary/aromatic N) is 1. The number of amides is 2. The van der Waals surface area contributed by atoms with Gasteiger partial charge in [0.2, 0.25) is 11.8 Å². The highest BCUT2D eigenvalue weighted by Gasteiger charge is 2.42. The molecule has 21 heavy (non-hydrogen) atoms. The van der Waals surface area contributed by atoms with Gasteiger partial charge in [-0.15, -0.1) is 0 Å². The third-order valence-electron chi connectivity index (χ3n) is 3.62. The average Bonchev–Trinajstić information content (AvgIpc) is 2.41. The van der Waals surface area contributed by atoms with Crippen molar-refractivity contribution in [2.24, 2.45) is 11.7 Å². The SMILES string of the molecule is CCCCN(CC(N)=O)C(=O)C1CCC(C(F)(F)F)CN1. The van der Waals surface area contributed by atoms with Crippen molar-refractivity contribution in [2.75, 3.05) is 19.6 Å². The minimum absolute atomic E-state index is 0.0783. The van der Waals surface area contributed by atoms with Crippen molar-refractivity contribution in [3.05, 3.63) is 0 Å². The van der Waals surface area contributed by atoms with Crippen molar-refractivity contribution in [2.45, 2.75) is 44.8 Å². The Bertz CT molecular complexity index is 366. The predicted octanol–water partition coefficient (Wildman–Crippen LogP) is 1.03. The Morgan fingerprint density at radius 2 is 2.00 bits per heavy atom. The topological polar surface area (TPSA) is 75.4 Å². The molecular formula is C13H22F3N3O2. The van der Waals surface area contributed by atoms with E-state index in [2.05, 4.69) is 5.32 Å². The van der Waals surface area contributed by atoms with Crippen LogP contribution in [0.25, 0.3) is 0 Å². The third-order valence-corrected chi connectivity index (χ3v) is 3.62. The second-order valence-electron chi connectivity index (χ2n) is 5.36. The van der Waals surface area contributed by atoms with Crippen molar-refractivity contribution in [3.8, 4) is 0 Å². The van der Waals surface area contributed by atoms with Gasteiger partial charge in [-0.3, -0.25) is 9.59 Å². The molecule has 1 heterocycles. The summed E-state index contributed by atoms with van der Waals surface area (Å²) in [5.41, 5.74) is 5.11. The van der Waals surface area contributed by atoms with E-state index in [1.54, 1.807) is 0 Å². The van der Waals surface area contributed by atoms with Gasteiger partial charge in [0.25, 0.3) is 0 Å². The lowest BCUT2D eigenvalue weighted by Gasteiger charge is -2.33. The fraction of sp³-hybridized carbons (Fsp3) is 0.846. The standard InChI is InChI=1S/C13H22F3N3O2/c1-2-3-6-19(8-11(17)20)12(21)10-5-4-9(7-18-10)13(14,15)16/h9-10,18H,2-8H2,1H3,(H2,17,20). The van der Waals surface area contributed by atoms with Crippen LogP contribution in [-0.2, 0) is 9.59 Å². The van der Waals surface area contributed by atoms with E-state index in [-0.39, 0.29) is 31.8 Å². The molecule has 0 saturated carbocycles. The van der Waals surface area contributed by atoms with Crippen LogP contribution in [0.2, 0.25) is 0 Å². The summed E-state index contributed by atoms with van der Waals surface area (Å²) in [7, 11) is 0. The van der Waals surface area contributed by atoms with Gasteiger partial charge in [0, 0.05) is 13.1 Å². The molecule has 0 aliphatic carbocycles. The van der Waals surface area contributed by atoms with E-state index in [0.717, 1.165) is 12.8 Å². The lowest BCUT2D eigenvalue weighted by Crippen LogP contribution is -2.53. The summed E-state index contributed by atoms with van der Waals surface area (Å²) < 4.78 is 37.7. The number of primary amides is 1. The third kappa shape index (κ3) is 5.53. The van der Waals surface area contributed by atoms with Crippen LogP contribution < -0.4 is 11.1 Å². The number of nitrogens with two attached hydrogens (primary N) is 1. The smallest absolute Gasteiger partial charge is 0.368 e. The highest BCUT2D eigenvalue weighted by Crippen LogP contribution is 2.32. The number of hydrogen-bond donors (Lipinski definition) is 2. The first-order chi connectivity index (χ1) is 9.75. The lowest BCUT2D eigenvalue weighted by atomic mass is 9.93. The minimum Gasteiger partial charge on any atom is -0.368 e. The van der Waals surface area contributed by atoms with Crippen LogP contribution in [0.5, 0.6) is 0 Å². The maximum atomic E-state index is 12.6. The van der Waals surface area contributed by atoms with Crippen molar-refractivity contribution in [3.63, 3.8) is 0 Å². The van der Waals surface area contributed by atoms with E-state index >= 15 is 0 Å². The highest BCUT2D eigenvalue weighted by atomic mass is 19.4. The molecule has 0 bridgehead atoms. The van der Waals surface area contributed by atoms with Crippen LogP contribution in [0.15, 0.2) is 0 Å². The largest absolute Gasteiger partial charge is 0.393 e. The summed E-state index contributed by atoms with van der Waals surface area (Å²) in [6, 6.07) is -0.667. The van der Waals surface area contributed by atoms with Gasteiger partial charge in [0.05, 0.1) is 18.5 Å². The van der Waals surface area contributed by atoms with Crippen LogP contribution in [-0.4, -0.2) is 48.6 Å². The maximum absolute atomic E-state index is 12.6. The molecule has 2 unspecified atom stereocenters. The number of halogens is 3. The minimum atomic E-state index is -4.24. The van der Waals surface area contributed by atoms with Crippen molar-refractivity contribution in [1.29, 1.82) is 0 Å². The normalized spacial score (nSPS) is 22.9. The number of alkyl halides is 3. The van der Waals surface area contributed by atoms with Gasteiger partial charge in [0.1, 0.15) is 0 Å². The van der Waals surface area contributed by atoms with Gasteiger partial charge < -0.3 is 16.0 Å². The van der Waals surface area contributed by atoms with Gasteiger partial charge in [-0.25, -0.2) is 0 Å². The molecule has 0 radical (unpaired) electrons. The second kappa shape index (κ2) is 7.63. The van der Waals surface area contributed by atoms with Gasteiger partial charge in [-0.2, -0.15) is 13.2 Å². The molecule has 1 aliphatic heterocycles. The quantitative estimate of drug-likeness (QED) is 0.769. The van der Waals surface area contributed by atoms with E-state index in [1.807, 2.05) is 6.92 Å². The molecule has 2 atom stereocenters. The predicted molar refractivity (Wildman–Crippen MR) is 71.3 cm³/mol. The maximum Gasteiger partial charge on any atom is 0.393 e. The molecule has 0 aromatic heterocycles. The fourth-order valence-corrected chi connectivity index (χ4v) is 2.37. The zero-order valence-corrected chi connectivity index (χ0v) is 12.1. The molecule has 122 valence electrons. The highest BCUT2D eigenvalue weighted by molar-refractivity contribution is 5.87. The summed E-state index contributed by atoms with van der Waals surface area (Å²) in [5, 5.41) is 2.64. The zero-order chi connectivity index (χ0) is 16.0. The molecular weight excluding hydrogens is 287 g/mol. The summed E-state index contributed by atoms with van der Waals surface area (Å²) >= 11 is 0. The number of hydrogen-bond acceptors (Lipinski definition) is 3. The first-order valence-electron chi connectivity index (χ1n) is 7.12. The molecule has 5 nitrogen and oxygen atoms in total. The number of carbonyl (C=O) groups excluding carboxylic acids is 2. The van der Waals surface area contributed by atoms with E-state index in [1.165, 1.54) is 4.90 Å². The van der Waals surface area contributed by atoms with Crippen LogP contribution in [0.3, 0.4) is 0 Å². The first kappa shape index (κ1) is 17.7. The Morgan fingerprint density at radius 1 is 1.33 bits per heavy atom. The van der Waals surface area contributed by atoms with Crippen molar-refractivity contribution in [1.82, 2.24) is 10.2 Å². The van der Waals surface area contributed by atoms with Crippen molar-refractivity contribution < 1.29 is 22.8 Å². The number of rotatable bonds is 6. The molecule has 1 rings (SSSR count). The van der Waals surface area contributed by atoms with E-state index < -0.39 is 24.0 Å². The van der Waals surface area contributed by atoms with Gasteiger partial charge in [0.15, 0.2) is 0 Å². The molecule has 0 spiro atoms. The van der Waals surface area contributed by atoms with Crippen LogP contribution >= 0.6 is 0 Å². The van der Waals surface area contributed by atoms with Gasteiger partial charge >= 0.3 is 6.18 Å². The molecule has 0 aromatic carbocycles. The fourth-order valence-electron chi connectivity index (χ4n) is 2.37. The number of piperidine rings is 1. The molecule has 1 saturated heterocycles. The van der Waals surface area contributed by atoms with Crippen LogP contribution in [0, 0.1) is 5.92 Å². The van der Waals surface area contributed by atoms with Crippen LogP contribution in [0.4, 0.5) is 13.2 Å². The number of carbonyl (C=O) groups is 2. The van der Waals surface area contributed by atoms with Crippen LogP contribution in [0.1, 0.15) is 32.6 Å². The molecule has 3 N–H and O–H groups in total. The second-order valence-corrected chi connectivity index (χ2v) is 5.36. The average molecular weight is 309 g/mol. The Morgan fingerprint density at radius 3 is 2.43 bits per heavy atom. The molecule has 1 fully saturated rings. The van der Waals surface area contributed by atoms with E-state index in [9.17, 15) is 22.8 Å². The number of unbranched alkanes of at least 4 members (excludes halogenated alkanes) is 1. The lowest BCUT2D eigenvalue weighted by molar-refractivity contribution is -0.180. The summed E-state index contributed by atoms with van der Waals surface area (Å²) in [5.74, 6) is -2.38. The van der Waals surface area contributed by atoms with E-state index in [4.69, 9.17) is 5.73 Å². The van der Waals surface area contributed by atoms with Gasteiger partial charge in [-0.1, -0.05) is 13.3 Å². The Hall–Kier alpha value is -1.31. The van der Waals surface area contributed by atoms with Gasteiger partial charge in [-0.05, 0) is 19.3 Å². The summed E-state index contributed by atoms with van der Waals surface area (Å²) in [6.45, 7) is 1.87. The van der Waals surface area contributed by atoms with Crippen molar-refractivity contribution >= 4 is 11.8 Å². The Kier molecular flexibility index (Phi) is 6.44. The molecule has 2 amide bonds. The Labute approximate surface area is 122 Å². The monoisotopic (exact) mass is 309 g/mol. The summed E-state index contributed by atoms with van der Waals surface area (Å²) in [4.78, 5) is 24.6. The Balaban J connectivity index is 2.58.